The van der Waals surface area contributed by atoms with Crippen LogP contribution in [0.15, 0.2) is 24.3 Å². The van der Waals surface area contributed by atoms with Crippen LogP contribution in [0.5, 0.6) is 0 Å². The van der Waals surface area contributed by atoms with Gasteiger partial charge in [-0.2, -0.15) is 0 Å². The van der Waals surface area contributed by atoms with Gasteiger partial charge in [-0.05, 0) is 18.1 Å². The summed E-state index contributed by atoms with van der Waals surface area (Å²) in [4.78, 5) is 14.2. The number of methoxy groups -OCH3 is 1. The first kappa shape index (κ1) is 13.9. The quantitative estimate of drug-likeness (QED) is 0.906. The Bertz CT molecular complexity index is 446. The summed E-state index contributed by atoms with van der Waals surface area (Å²) in [5.74, 6) is 0.604. The van der Waals surface area contributed by atoms with E-state index in [4.69, 9.17) is 4.74 Å². The van der Waals surface area contributed by atoms with Gasteiger partial charge in [-0.15, -0.1) is 0 Å². The highest BCUT2D eigenvalue weighted by Gasteiger charge is 2.28. The minimum absolute atomic E-state index is 0.126. The summed E-state index contributed by atoms with van der Waals surface area (Å²) >= 11 is 0. The molecule has 104 valence electrons. The SMILES string of the molecule is COCCC(=O)N1C[C@@H](C(C)C)Nc2ccccc21. The van der Waals surface area contributed by atoms with Crippen molar-refractivity contribution in [3.63, 3.8) is 0 Å². The second-order valence-electron chi connectivity index (χ2n) is 5.26. The normalized spacial score (nSPS) is 18.1. The zero-order chi connectivity index (χ0) is 13.8. The van der Waals surface area contributed by atoms with Gasteiger partial charge in [0.15, 0.2) is 0 Å². The van der Waals surface area contributed by atoms with Gasteiger partial charge in [0.1, 0.15) is 0 Å². The van der Waals surface area contributed by atoms with Gasteiger partial charge in [-0.1, -0.05) is 26.0 Å². The van der Waals surface area contributed by atoms with Crippen molar-refractivity contribution in [2.24, 2.45) is 5.92 Å². The molecule has 1 N–H and O–H groups in total. The van der Waals surface area contributed by atoms with E-state index in [-0.39, 0.29) is 5.91 Å². The summed E-state index contributed by atoms with van der Waals surface area (Å²) in [6.07, 6.45) is 0.426. The second kappa shape index (κ2) is 6.06. The van der Waals surface area contributed by atoms with Crippen molar-refractivity contribution in [2.45, 2.75) is 26.3 Å². The lowest BCUT2D eigenvalue weighted by Gasteiger charge is -2.37. The van der Waals surface area contributed by atoms with Crippen LogP contribution in [0.3, 0.4) is 0 Å². The molecule has 2 rings (SSSR count). The number of carbonyl (C=O) groups excluding carboxylic acids is 1. The molecule has 4 nitrogen and oxygen atoms in total. The Hall–Kier alpha value is -1.55. The van der Waals surface area contributed by atoms with E-state index in [1.807, 2.05) is 29.2 Å². The minimum Gasteiger partial charge on any atom is -0.384 e. The largest absolute Gasteiger partial charge is 0.384 e. The lowest BCUT2D eigenvalue weighted by atomic mass is 9.99. The molecule has 1 aliphatic heterocycles. The van der Waals surface area contributed by atoms with Crippen molar-refractivity contribution in [3.8, 4) is 0 Å². The zero-order valence-electron chi connectivity index (χ0n) is 11.8. The molecule has 4 heteroatoms. The number of ether oxygens (including phenoxy) is 1. The maximum absolute atomic E-state index is 12.3. The number of rotatable bonds is 4. The van der Waals surface area contributed by atoms with Gasteiger partial charge in [0, 0.05) is 19.7 Å². The average molecular weight is 262 g/mol. The minimum atomic E-state index is 0.126. The van der Waals surface area contributed by atoms with Gasteiger partial charge in [-0.3, -0.25) is 4.79 Å². The molecule has 0 fully saturated rings. The fraction of sp³-hybridized carbons (Fsp3) is 0.533. The Labute approximate surface area is 114 Å². The van der Waals surface area contributed by atoms with Crippen LogP contribution < -0.4 is 10.2 Å². The lowest BCUT2D eigenvalue weighted by Crippen LogP contribution is -2.47. The highest BCUT2D eigenvalue weighted by atomic mass is 16.5. The summed E-state index contributed by atoms with van der Waals surface area (Å²) in [6.45, 7) is 5.53. The van der Waals surface area contributed by atoms with Crippen molar-refractivity contribution in [1.29, 1.82) is 0 Å². The van der Waals surface area contributed by atoms with E-state index >= 15 is 0 Å². The number of para-hydroxylation sites is 2. The number of fused-ring (bicyclic) bond motifs is 1. The van der Waals surface area contributed by atoms with Gasteiger partial charge in [0.05, 0.1) is 24.4 Å². The molecule has 0 spiro atoms. The Balaban J connectivity index is 2.23. The van der Waals surface area contributed by atoms with Gasteiger partial charge < -0.3 is 15.0 Å². The molecule has 1 aromatic carbocycles. The fourth-order valence-electron chi connectivity index (χ4n) is 2.31. The summed E-state index contributed by atoms with van der Waals surface area (Å²) in [7, 11) is 1.62. The first-order valence-electron chi connectivity index (χ1n) is 6.78. The molecule has 0 bridgehead atoms. The summed E-state index contributed by atoms with van der Waals surface area (Å²) in [6, 6.07) is 8.27. The van der Waals surface area contributed by atoms with Crippen molar-refractivity contribution < 1.29 is 9.53 Å². The van der Waals surface area contributed by atoms with Crippen LogP contribution in [0.1, 0.15) is 20.3 Å². The maximum atomic E-state index is 12.3. The molecule has 0 unspecified atom stereocenters. The molecular weight excluding hydrogens is 240 g/mol. The molecule has 0 aliphatic carbocycles. The third-order valence-corrected chi connectivity index (χ3v) is 3.54. The van der Waals surface area contributed by atoms with Crippen LogP contribution in [-0.4, -0.2) is 32.2 Å². The molecule has 1 aromatic rings. The number of amides is 1. The van der Waals surface area contributed by atoms with Crippen molar-refractivity contribution in [1.82, 2.24) is 0 Å². The van der Waals surface area contributed by atoms with Crippen molar-refractivity contribution in [3.05, 3.63) is 24.3 Å². The predicted molar refractivity (Wildman–Crippen MR) is 77.5 cm³/mol. The van der Waals surface area contributed by atoms with E-state index in [0.29, 0.717) is 25.0 Å². The second-order valence-corrected chi connectivity index (χ2v) is 5.26. The van der Waals surface area contributed by atoms with Crippen LogP contribution in [0.2, 0.25) is 0 Å². The van der Waals surface area contributed by atoms with Crippen LogP contribution >= 0.6 is 0 Å². The monoisotopic (exact) mass is 262 g/mol. The molecule has 0 saturated carbocycles. The van der Waals surface area contributed by atoms with E-state index in [9.17, 15) is 4.79 Å². The molecule has 1 aliphatic rings. The number of nitrogens with one attached hydrogen (secondary N) is 1. The number of benzene rings is 1. The Morgan fingerprint density at radius 2 is 2.21 bits per heavy atom. The molecule has 1 amide bonds. The fourth-order valence-corrected chi connectivity index (χ4v) is 2.31. The Morgan fingerprint density at radius 3 is 2.89 bits per heavy atom. The summed E-state index contributed by atoms with van der Waals surface area (Å²) in [5.41, 5.74) is 2.01. The van der Waals surface area contributed by atoms with Crippen LogP contribution in [0, 0.1) is 5.92 Å². The Morgan fingerprint density at radius 1 is 1.47 bits per heavy atom. The molecule has 0 saturated heterocycles. The van der Waals surface area contributed by atoms with Gasteiger partial charge in [0.2, 0.25) is 5.91 Å². The first-order valence-corrected chi connectivity index (χ1v) is 6.78. The summed E-state index contributed by atoms with van der Waals surface area (Å²) < 4.78 is 5.00. The van der Waals surface area contributed by atoms with Crippen molar-refractivity contribution in [2.75, 3.05) is 30.5 Å². The third kappa shape index (κ3) is 3.07. The standard InChI is InChI=1S/C15H22N2O2/c1-11(2)13-10-17(15(18)8-9-19-3)14-7-5-4-6-12(14)16-13/h4-7,11,13,16H,8-10H2,1-3H3/t13-/m0/s1. The van der Waals surface area contributed by atoms with Crippen LogP contribution in [0.25, 0.3) is 0 Å². The van der Waals surface area contributed by atoms with Crippen LogP contribution in [0.4, 0.5) is 11.4 Å². The lowest BCUT2D eigenvalue weighted by molar-refractivity contribution is -0.119. The predicted octanol–water partition coefficient (Wildman–Crippen LogP) is 2.51. The molecule has 0 aromatic heterocycles. The van der Waals surface area contributed by atoms with E-state index in [1.54, 1.807) is 7.11 Å². The van der Waals surface area contributed by atoms with E-state index in [2.05, 4.69) is 19.2 Å². The molecule has 1 atom stereocenters. The van der Waals surface area contributed by atoms with E-state index in [0.717, 1.165) is 17.9 Å². The maximum Gasteiger partial charge on any atom is 0.229 e. The highest BCUT2D eigenvalue weighted by molar-refractivity contribution is 5.97. The smallest absolute Gasteiger partial charge is 0.229 e. The molecule has 19 heavy (non-hydrogen) atoms. The number of carbonyl (C=O) groups is 1. The third-order valence-electron chi connectivity index (χ3n) is 3.54. The topological polar surface area (TPSA) is 41.6 Å². The van der Waals surface area contributed by atoms with E-state index in [1.165, 1.54) is 0 Å². The zero-order valence-corrected chi connectivity index (χ0v) is 11.8. The number of hydrogen-bond acceptors (Lipinski definition) is 3. The van der Waals surface area contributed by atoms with Gasteiger partial charge >= 0.3 is 0 Å². The number of nitrogens with zero attached hydrogens (tertiary/aromatic N) is 1. The number of hydrogen-bond donors (Lipinski definition) is 1. The van der Waals surface area contributed by atoms with E-state index < -0.39 is 0 Å². The first-order chi connectivity index (χ1) is 9.13. The highest BCUT2D eigenvalue weighted by Crippen LogP contribution is 2.32. The molecular formula is C15H22N2O2. The summed E-state index contributed by atoms with van der Waals surface area (Å²) in [5, 5.41) is 3.51. The number of anilines is 2. The molecule has 0 radical (unpaired) electrons. The van der Waals surface area contributed by atoms with Gasteiger partial charge in [0.25, 0.3) is 0 Å². The van der Waals surface area contributed by atoms with Gasteiger partial charge in [-0.25, -0.2) is 0 Å². The van der Waals surface area contributed by atoms with Crippen LogP contribution in [-0.2, 0) is 9.53 Å². The Kier molecular flexibility index (Phi) is 4.43. The molecule has 1 heterocycles. The van der Waals surface area contributed by atoms with Crippen molar-refractivity contribution >= 4 is 17.3 Å². The average Bonchev–Trinajstić information content (AvgIpc) is 2.43.